The first-order valence-corrected chi connectivity index (χ1v) is 8.00. The van der Waals surface area contributed by atoms with Crippen molar-refractivity contribution in [2.24, 2.45) is 0 Å². The van der Waals surface area contributed by atoms with Gasteiger partial charge < -0.3 is 10.4 Å². The molecule has 0 saturated carbocycles. The number of aliphatic hydroxyl groups excluding tert-OH is 1. The third-order valence-electron chi connectivity index (χ3n) is 3.49. The van der Waals surface area contributed by atoms with E-state index >= 15 is 0 Å². The van der Waals surface area contributed by atoms with Gasteiger partial charge in [0.15, 0.2) is 0 Å². The van der Waals surface area contributed by atoms with Gasteiger partial charge in [-0.25, -0.2) is 5.48 Å². The largest absolute Gasteiger partial charge is 0.391 e. The lowest BCUT2D eigenvalue weighted by molar-refractivity contribution is -0.133. The first kappa shape index (κ1) is 18.1. The van der Waals surface area contributed by atoms with Gasteiger partial charge in [0.25, 0.3) is 11.8 Å². The Morgan fingerprint density at radius 1 is 1.00 bits per heavy atom. The smallest absolute Gasteiger partial charge is 0.268 e. The Balaban J connectivity index is 2.13. The van der Waals surface area contributed by atoms with Crippen molar-refractivity contribution in [2.45, 2.75) is 19.1 Å². The Morgan fingerprint density at radius 2 is 1.50 bits per heavy atom. The second-order valence-electron chi connectivity index (χ2n) is 5.25. The predicted molar refractivity (Wildman–Crippen MR) is 92.4 cm³/mol. The Hall–Kier alpha value is -2.22. The fourth-order valence-corrected chi connectivity index (χ4v) is 2.42. The maximum absolute atomic E-state index is 12.2. The number of nitrogens with one attached hydrogen (secondary N) is 2. The van der Waals surface area contributed by atoms with Crippen molar-refractivity contribution in [2.75, 3.05) is 0 Å². The first-order valence-electron chi connectivity index (χ1n) is 7.21. The average Bonchev–Trinajstić information content (AvgIpc) is 2.59. The standard InChI is InChI=1S/C17H17BrN2O4/c1-10(21)15(17(23)20-24)19-16(22)13-4-2-11(3-5-13)12-6-8-14(18)9-7-12/h2-10,15,21,24H,1H3,(H,19,22)(H,20,23)/t10-,15?/m1/s1. The topological polar surface area (TPSA) is 98.7 Å². The summed E-state index contributed by atoms with van der Waals surface area (Å²) >= 11 is 3.38. The van der Waals surface area contributed by atoms with Crippen molar-refractivity contribution in [1.29, 1.82) is 0 Å². The van der Waals surface area contributed by atoms with E-state index in [2.05, 4.69) is 21.2 Å². The highest BCUT2D eigenvalue weighted by molar-refractivity contribution is 9.10. The maximum atomic E-state index is 12.2. The third kappa shape index (κ3) is 4.41. The van der Waals surface area contributed by atoms with Gasteiger partial charge in [0, 0.05) is 10.0 Å². The van der Waals surface area contributed by atoms with E-state index in [0.29, 0.717) is 5.56 Å². The molecule has 126 valence electrons. The van der Waals surface area contributed by atoms with E-state index in [9.17, 15) is 14.7 Å². The maximum Gasteiger partial charge on any atom is 0.268 e. The van der Waals surface area contributed by atoms with Crippen LogP contribution < -0.4 is 10.8 Å². The minimum atomic E-state index is -1.24. The first-order chi connectivity index (χ1) is 11.4. The molecule has 0 aromatic heterocycles. The van der Waals surface area contributed by atoms with Crippen molar-refractivity contribution in [3.8, 4) is 11.1 Å². The molecule has 0 spiro atoms. The highest BCUT2D eigenvalue weighted by Gasteiger charge is 2.25. The molecule has 0 aliphatic rings. The number of hydrogen-bond acceptors (Lipinski definition) is 4. The Labute approximate surface area is 147 Å². The lowest BCUT2D eigenvalue weighted by atomic mass is 10.0. The molecule has 24 heavy (non-hydrogen) atoms. The normalized spacial score (nSPS) is 13.0. The van der Waals surface area contributed by atoms with Gasteiger partial charge in [-0.1, -0.05) is 40.2 Å². The van der Waals surface area contributed by atoms with E-state index in [1.54, 1.807) is 24.3 Å². The molecule has 2 amide bonds. The summed E-state index contributed by atoms with van der Waals surface area (Å²) in [5, 5.41) is 20.6. The number of benzene rings is 2. The zero-order chi connectivity index (χ0) is 17.7. The molecule has 0 aliphatic carbocycles. The van der Waals surface area contributed by atoms with E-state index in [0.717, 1.165) is 15.6 Å². The number of aliphatic hydroxyl groups is 1. The molecule has 6 nitrogen and oxygen atoms in total. The molecule has 4 N–H and O–H groups in total. The Morgan fingerprint density at radius 3 is 1.96 bits per heavy atom. The summed E-state index contributed by atoms with van der Waals surface area (Å²) in [6.45, 7) is 1.34. The van der Waals surface area contributed by atoms with Crippen molar-refractivity contribution in [3.05, 3.63) is 58.6 Å². The summed E-state index contributed by atoms with van der Waals surface area (Å²) in [7, 11) is 0. The second kappa shape index (κ2) is 8.05. The van der Waals surface area contributed by atoms with Crippen LogP contribution in [-0.4, -0.2) is 34.3 Å². The zero-order valence-electron chi connectivity index (χ0n) is 12.9. The predicted octanol–water partition coefficient (Wildman–Crippen LogP) is 2.10. The van der Waals surface area contributed by atoms with Crippen LogP contribution in [0.4, 0.5) is 0 Å². The van der Waals surface area contributed by atoms with Crippen LogP contribution in [0.25, 0.3) is 11.1 Å². The molecule has 1 unspecified atom stereocenters. The Bertz CT molecular complexity index is 714. The molecule has 0 bridgehead atoms. The number of hydrogen-bond donors (Lipinski definition) is 4. The van der Waals surface area contributed by atoms with Gasteiger partial charge in [0.05, 0.1) is 6.10 Å². The summed E-state index contributed by atoms with van der Waals surface area (Å²) in [5.41, 5.74) is 3.71. The lowest BCUT2D eigenvalue weighted by Crippen LogP contribution is -2.51. The van der Waals surface area contributed by atoms with Crippen LogP contribution in [0, 0.1) is 0 Å². The Kier molecular flexibility index (Phi) is 6.08. The van der Waals surface area contributed by atoms with Crippen LogP contribution in [0.2, 0.25) is 0 Å². The van der Waals surface area contributed by atoms with Crippen molar-refractivity contribution < 1.29 is 19.9 Å². The highest BCUT2D eigenvalue weighted by Crippen LogP contribution is 2.22. The van der Waals surface area contributed by atoms with Crippen LogP contribution in [0.15, 0.2) is 53.0 Å². The van der Waals surface area contributed by atoms with E-state index < -0.39 is 24.0 Å². The molecule has 0 saturated heterocycles. The van der Waals surface area contributed by atoms with Crippen molar-refractivity contribution in [1.82, 2.24) is 10.8 Å². The minimum absolute atomic E-state index is 0.340. The van der Waals surface area contributed by atoms with Gasteiger partial charge in [0.2, 0.25) is 0 Å². The van der Waals surface area contributed by atoms with E-state index in [1.165, 1.54) is 12.4 Å². The number of rotatable bonds is 5. The molecule has 2 aromatic rings. The minimum Gasteiger partial charge on any atom is -0.391 e. The van der Waals surface area contributed by atoms with E-state index in [-0.39, 0.29) is 0 Å². The molecule has 0 radical (unpaired) electrons. The van der Waals surface area contributed by atoms with Gasteiger partial charge >= 0.3 is 0 Å². The van der Waals surface area contributed by atoms with Crippen molar-refractivity contribution in [3.63, 3.8) is 0 Å². The lowest BCUT2D eigenvalue weighted by Gasteiger charge is -2.19. The van der Waals surface area contributed by atoms with Crippen LogP contribution in [0.3, 0.4) is 0 Å². The summed E-state index contributed by atoms with van der Waals surface area (Å²) in [4.78, 5) is 23.6. The molecule has 2 aromatic carbocycles. The number of hydroxylamine groups is 1. The van der Waals surface area contributed by atoms with Gasteiger partial charge in [-0.3, -0.25) is 14.8 Å². The second-order valence-corrected chi connectivity index (χ2v) is 6.17. The number of amides is 2. The quantitative estimate of drug-likeness (QED) is 0.462. The fraction of sp³-hybridized carbons (Fsp3) is 0.176. The van der Waals surface area contributed by atoms with Gasteiger partial charge in [0.1, 0.15) is 6.04 Å². The zero-order valence-corrected chi connectivity index (χ0v) is 14.4. The van der Waals surface area contributed by atoms with Crippen LogP contribution >= 0.6 is 15.9 Å². The van der Waals surface area contributed by atoms with E-state index in [4.69, 9.17) is 5.21 Å². The summed E-state index contributed by atoms with van der Waals surface area (Å²) in [6.07, 6.45) is -1.15. The third-order valence-corrected chi connectivity index (χ3v) is 4.01. The molecule has 2 rings (SSSR count). The molecule has 0 fully saturated rings. The van der Waals surface area contributed by atoms with Gasteiger partial charge in [-0.15, -0.1) is 0 Å². The van der Waals surface area contributed by atoms with Crippen LogP contribution in [0.1, 0.15) is 17.3 Å². The van der Waals surface area contributed by atoms with Gasteiger partial charge in [-0.05, 0) is 42.3 Å². The number of carbonyl (C=O) groups excluding carboxylic acids is 2. The van der Waals surface area contributed by atoms with Crippen molar-refractivity contribution >= 4 is 27.7 Å². The molecule has 2 atom stereocenters. The van der Waals surface area contributed by atoms with Gasteiger partial charge in [-0.2, -0.15) is 0 Å². The molecule has 0 aliphatic heterocycles. The SMILES string of the molecule is C[C@@H](O)C(NC(=O)c1ccc(-c2ccc(Br)cc2)cc1)C(=O)NO. The molecule has 0 heterocycles. The number of halogens is 1. The summed E-state index contributed by atoms with van der Waals surface area (Å²) in [6, 6.07) is 13.4. The highest BCUT2D eigenvalue weighted by atomic mass is 79.9. The monoisotopic (exact) mass is 392 g/mol. The summed E-state index contributed by atoms with van der Waals surface area (Å²) < 4.78 is 0.980. The number of carbonyl (C=O) groups is 2. The van der Waals surface area contributed by atoms with E-state index in [1.807, 2.05) is 24.3 Å². The van der Waals surface area contributed by atoms with Crippen LogP contribution in [-0.2, 0) is 4.79 Å². The molecular weight excluding hydrogens is 376 g/mol. The molecular formula is C17H17BrN2O4. The average molecular weight is 393 g/mol. The van der Waals surface area contributed by atoms with Crippen LogP contribution in [0.5, 0.6) is 0 Å². The fourth-order valence-electron chi connectivity index (χ4n) is 2.16. The molecule has 7 heteroatoms. The summed E-state index contributed by atoms with van der Waals surface area (Å²) in [5.74, 6) is -1.41.